The molecule has 0 aromatic carbocycles. The first-order chi connectivity index (χ1) is 5.26. The number of rotatable bonds is 2. The van der Waals surface area contributed by atoms with Crippen LogP contribution in [0.3, 0.4) is 0 Å². The normalized spacial score (nSPS) is 10.0. The fourth-order valence-corrected chi connectivity index (χ4v) is 1.06. The van der Waals surface area contributed by atoms with Crippen LogP contribution in [0.4, 0.5) is 10.2 Å². The second-order valence-corrected chi connectivity index (χ2v) is 2.68. The minimum Gasteiger partial charge on any atom is -0.384 e. The van der Waals surface area contributed by atoms with Crippen molar-refractivity contribution in [2.45, 2.75) is 11.8 Å². The fourth-order valence-electron chi connectivity index (χ4n) is 0.653. The van der Waals surface area contributed by atoms with Gasteiger partial charge in [0.1, 0.15) is 12.5 Å². The van der Waals surface area contributed by atoms with Crippen LogP contribution in [0.5, 0.6) is 0 Å². The van der Waals surface area contributed by atoms with Gasteiger partial charge in [0.25, 0.3) is 0 Å². The molecule has 5 heteroatoms. The topological polar surface area (TPSA) is 51.8 Å². The van der Waals surface area contributed by atoms with Crippen molar-refractivity contribution in [1.82, 2.24) is 9.97 Å². The van der Waals surface area contributed by atoms with Crippen molar-refractivity contribution in [2.75, 3.05) is 12.0 Å². The van der Waals surface area contributed by atoms with Gasteiger partial charge in [0.2, 0.25) is 0 Å². The van der Waals surface area contributed by atoms with Crippen molar-refractivity contribution in [1.29, 1.82) is 0 Å². The van der Waals surface area contributed by atoms with Gasteiger partial charge in [-0.25, -0.2) is 14.4 Å². The Hall–Kier alpha value is -0.840. The van der Waals surface area contributed by atoms with Crippen molar-refractivity contribution in [2.24, 2.45) is 0 Å². The van der Waals surface area contributed by atoms with E-state index in [0.29, 0.717) is 16.7 Å². The Bertz CT molecular complexity index is 231. The van der Waals surface area contributed by atoms with Gasteiger partial charge in [0, 0.05) is 6.07 Å². The molecular weight excluding hydrogens is 165 g/mol. The predicted octanol–water partition coefficient (Wildman–Crippen LogP) is 1.25. The summed E-state index contributed by atoms with van der Waals surface area (Å²) in [4.78, 5) is 7.73. The Balaban J connectivity index is 3.02. The molecular formula is C6H8FN3S. The van der Waals surface area contributed by atoms with E-state index in [1.54, 1.807) is 0 Å². The van der Waals surface area contributed by atoms with Crippen molar-refractivity contribution in [3.8, 4) is 0 Å². The number of anilines is 1. The highest BCUT2D eigenvalue weighted by Gasteiger charge is 1.99. The maximum absolute atomic E-state index is 12.1. The van der Waals surface area contributed by atoms with Gasteiger partial charge < -0.3 is 5.73 Å². The molecule has 0 atom stereocenters. The standard InChI is InChI=1S/C6H8FN3S/c1-11-6-9-4(3-7)2-5(8)10-6/h2H,3H2,1H3,(H2,8,9,10). The number of hydrogen-bond acceptors (Lipinski definition) is 4. The number of halogens is 1. The molecule has 0 fully saturated rings. The molecule has 1 aromatic heterocycles. The second kappa shape index (κ2) is 3.52. The van der Waals surface area contributed by atoms with E-state index < -0.39 is 6.67 Å². The Morgan fingerprint density at radius 1 is 1.64 bits per heavy atom. The third-order valence-electron chi connectivity index (χ3n) is 1.10. The van der Waals surface area contributed by atoms with Gasteiger partial charge >= 0.3 is 0 Å². The van der Waals surface area contributed by atoms with Crippen LogP contribution in [0.2, 0.25) is 0 Å². The van der Waals surface area contributed by atoms with Crippen LogP contribution >= 0.6 is 11.8 Å². The summed E-state index contributed by atoms with van der Waals surface area (Å²) in [6.07, 6.45) is 1.82. The quantitative estimate of drug-likeness (QED) is 0.540. The summed E-state index contributed by atoms with van der Waals surface area (Å²) >= 11 is 1.34. The molecule has 0 saturated carbocycles. The lowest BCUT2D eigenvalue weighted by molar-refractivity contribution is 0.472. The van der Waals surface area contributed by atoms with Gasteiger partial charge in [-0.3, -0.25) is 0 Å². The highest BCUT2D eigenvalue weighted by molar-refractivity contribution is 7.98. The van der Waals surface area contributed by atoms with E-state index in [0.717, 1.165) is 0 Å². The molecule has 0 unspecified atom stereocenters. The van der Waals surface area contributed by atoms with Crippen LogP contribution in [0.15, 0.2) is 11.2 Å². The summed E-state index contributed by atoms with van der Waals surface area (Å²) in [5.74, 6) is 0.317. The summed E-state index contributed by atoms with van der Waals surface area (Å²) in [5, 5.41) is 0.512. The van der Waals surface area contributed by atoms with Crippen LogP contribution in [0.1, 0.15) is 5.69 Å². The molecule has 11 heavy (non-hydrogen) atoms. The zero-order valence-corrected chi connectivity index (χ0v) is 6.86. The lowest BCUT2D eigenvalue weighted by Gasteiger charge is -1.98. The van der Waals surface area contributed by atoms with E-state index in [9.17, 15) is 4.39 Å². The number of nitrogens with zero attached hydrogens (tertiary/aromatic N) is 2. The molecule has 0 bridgehead atoms. The van der Waals surface area contributed by atoms with E-state index in [1.807, 2.05) is 6.26 Å². The van der Waals surface area contributed by atoms with Crippen LogP contribution in [0, 0.1) is 0 Å². The monoisotopic (exact) mass is 173 g/mol. The van der Waals surface area contributed by atoms with Crippen LogP contribution in [-0.4, -0.2) is 16.2 Å². The Morgan fingerprint density at radius 3 is 2.91 bits per heavy atom. The Morgan fingerprint density at radius 2 is 2.36 bits per heavy atom. The Labute approximate surface area is 68.2 Å². The lowest BCUT2D eigenvalue weighted by atomic mass is 10.4. The van der Waals surface area contributed by atoms with E-state index in [-0.39, 0.29) is 0 Å². The molecule has 0 saturated heterocycles. The predicted molar refractivity (Wildman–Crippen MR) is 43.0 cm³/mol. The molecule has 0 amide bonds. The molecule has 0 aliphatic heterocycles. The average molecular weight is 173 g/mol. The van der Waals surface area contributed by atoms with Crippen LogP contribution < -0.4 is 5.73 Å². The third kappa shape index (κ3) is 2.04. The minimum absolute atomic E-state index is 0.317. The lowest BCUT2D eigenvalue weighted by Crippen LogP contribution is -1.97. The summed E-state index contributed by atoms with van der Waals surface area (Å²) in [6, 6.07) is 1.43. The van der Waals surface area contributed by atoms with Crippen molar-refractivity contribution in [3.63, 3.8) is 0 Å². The van der Waals surface area contributed by atoms with E-state index in [1.165, 1.54) is 17.8 Å². The summed E-state index contributed by atoms with van der Waals surface area (Å²) < 4.78 is 12.1. The fraction of sp³-hybridized carbons (Fsp3) is 0.333. The van der Waals surface area contributed by atoms with Crippen molar-refractivity contribution >= 4 is 17.6 Å². The molecule has 1 heterocycles. The maximum atomic E-state index is 12.1. The second-order valence-electron chi connectivity index (χ2n) is 1.90. The summed E-state index contributed by atoms with van der Waals surface area (Å²) in [7, 11) is 0. The maximum Gasteiger partial charge on any atom is 0.189 e. The first kappa shape index (κ1) is 8.26. The van der Waals surface area contributed by atoms with Crippen LogP contribution in [0.25, 0.3) is 0 Å². The number of nitrogen functional groups attached to an aromatic ring is 1. The van der Waals surface area contributed by atoms with E-state index in [4.69, 9.17) is 5.73 Å². The van der Waals surface area contributed by atoms with Gasteiger partial charge in [-0.2, -0.15) is 0 Å². The highest BCUT2D eigenvalue weighted by atomic mass is 32.2. The zero-order valence-electron chi connectivity index (χ0n) is 6.04. The van der Waals surface area contributed by atoms with Gasteiger partial charge in [-0.05, 0) is 6.26 Å². The van der Waals surface area contributed by atoms with Gasteiger partial charge in [-0.15, -0.1) is 0 Å². The molecule has 1 aromatic rings. The first-order valence-electron chi connectivity index (χ1n) is 2.99. The summed E-state index contributed by atoms with van der Waals surface area (Å²) in [6.45, 7) is -0.597. The zero-order chi connectivity index (χ0) is 8.27. The molecule has 2 N–H and O–H groups in total. The van der Waals surface area contributed by atoms with E-state index in [2.05, 4.69) is 9.97 Å². The molecule has 3 nitrogen and oxygen atoms in total. The van der Waals surface area contributed by atoms with Crippen LogP contribution in [-0.2, 0) is 6.67 Å². The first-order valence-corrected chi connectivity index (χ1v) is 4.22. The smallest absolute Gasteiger partial charge is 0.189 e. The minimum atomic E-state index is -0.597. The van der Waals surface area contributed by atoms with Gasteiger partial charge in [-0.1, -0.05) is 11.8 Å². The molecule has 60 valence electrons. The largest absolute Gasteiger partial charge is 0.384 e. The number of nitrogens with two attached hydrogens (primary N) is 1. The Kier molecular flexibility index (Phi) is 2.64. The average Bonchev–Trinajstić information content (AvgIpc) is 2.03. The molecule has 0 aliphatic carbocycles. The molecule has 0 aliphatic rings. The van der Waals surface area contributed by atoms with Crippen molar-refractivity contribution in [3.05, 3.63) is 11.8 Å². The molecule has 1 rings (SSSR count). The van der Waals surface area contributed by atoms with Gasteiger partial charge in [0.15, 0.2) is 5.16 Å². The van der Waals surface area contributed by atoms with Gasteiger partial charge in [0.05, 0.1) is 5.69 Å². The number of thioether (sulfide) groups is 1. The highest BCUT2D eigenvalue weighted by Crippen LogP contribution is 2.12. The SMILES string of the molecule is CSc1nc(N)cc(CF)n1. The number of alkyl halides is 1. The van der Waals surface area contributed by atoms with E-state index >= 15 is 0 Å². The third-order valence-corrected chi connectivity index (χ3v) is 1.65. The molecule has 0 radical (unpaired) electrons. The molecule has 0 spiro atoms. The van der Waals surface area contributed by atoms with Crippen molar-refractivity contribution < 1.29 is 4.39 Å². The summed E-state index contributed by atoms with van der Waals surface area (Å²) in [5.41, 5.74) is 5.71. The number of aromatic nitrogens is 2. The number of hydrogen-bond donors (Lipinski definition) is 1.